The number of nitrogens with one attached hydrogen (secondary N) is 1. The lowest BCUT2D eigenvalue weighted by molar-refractivity contribution is -0.900. The third-order valence-corrected chi connectivity index (χ3v) is 5.40. The van der Waals surface area contributed by atoms with Crippen LogP contribution in [0.2, 0.25) is 5.02 Å². The van der Waals surface area contributed by atoms with Crippen molar-refractivity contribution in [2.75, 3.05) is 18.5 Å². The lowest BCUT2D eigenvalue weighted by Gasteiger charge is -2.49. The fourth-order valence-corrected chi connectivity index (χ4v) is 3.89. The van der Waals surface area contributed by atoms with Crippen LogP contribution in [0.15, 0.2) is 42.5 Å². The van der Waals surface area contributed by atoms with Crippen molar-refractivity contribution in [3.8, 4) is 16.9 Å². The summed E-state index contributed by atoms with van der Waals surface area (Å²) >= 11 is 6.29. The van der Waals surface area contributed by atoms with E-state index in [1.54, 1.807) is 6.07 Å². The average Bonchev–Trinajstić information content (AvgIpc) is 2.68. The molecule has 2 aromatic rings. The summed E-state index contributed by atoms with van der Waals surface area (Å²) < 4.78 is 41.3. The lowest BCUT2D eigenvalue weighted by atomic mass is 10.0. The van der Waals surface area contributed by atoms with Gasteiger partial charge in [0.05, 0.1) is 11.6 Å². The second-order valence-corrected chi connectivity index (χ2v) is 7.51. The maximum absolute atomic E-state index is 12.7. The molecule has 2 aromatic carbocycles. The Bertz CT molecular complexity index is 926. The summed E-state index contributed by atoms with van der Waals surface area (Å²) in [6.07, 6.45) is -2.94. The first-order valence-electron chi connectivity index (χ1n) is 9.36. The van der Waals surface area contributed by atoms with Gasteiger partial charge in [0.15, 0.2) is 6.04 Å². The molecule has 3 rings (SSSR count). The average molecular weight is 444 g/mol. The molecule has 1 amide bonds. The second kappa shape index (κ2) is 8.81. The van der Waals surface area contributed by atoms with E-state index in [-0.39, 0.29) is 29.5 Å². The highest BCUT2D eigenvalue weighted by molar-refractivity contribution is 6.33. The van der Waals surface area contributed by atoms with Gasteiger partial charge in [-0.3, -0.25) is 10.5 Å². The van der Waals surface area contributed by atoms with Crippen LogP contribution >= 0.6 is 11.6 Å². The van der Waals surface area contributed by atoms with Crippen LogP contribution in [0.4, 0.5) is 18.9 Å². The molecule has 30 heavy (non-hydrogen) atoms. The van der Waals surface area contributed by atoms with Crippen LogP contribution in [0.1, 0.15) is 19.3 Å². The highest BCUT2D eigenvalue weighted by Crippen LogP contribution is 2.38. The molecule has 0 bridgehead atoms. The normalized spacial score (nSPS) is 21.9. The number of hydroxylamine groups is 3. The quantitative estimate of drug-likeness (QED) is 0.521. The minimum atomic E-state index is -4.84. The van der Waals surface area contributed by atoms with Gasteiger partial charge < -0.3 is 19.9 Å². The maximum Gasteiger partial charge on any atom is 0.573 e. The van der Waals surface area contributed by atoms with Gasteiger partial charge in [0.25, 0.3) is 5.91 Å². The number of piperidine rings is 1. The first-order valence-corrected chi connectivity index (χ1v) is 9.74. The predicted octanol–water partition coefficient (Wildman–Crippen LogP) is 4.63. The Morgan fingerprint density at radius 2 is 1.97 bits per heavy atom. The molecule has 162 valence electrons. The molecular formula is C20H21ClF3N3O3. The Kier molecular flexibility index (Phi) is 6.56. The molecule has 1 saturated heterocycles. The summed E-state index contributed by atoms with van der Waals surface area (Å²) in [5, 5.41) is 15.5. The number of hydrogen-bond donors (Lipinski definition) is 2. The van der Waals surface area contributed by atoms with Crippen molar-refractivity contribution in [3.05, 3.63) is 52.7 Å². The first-order chi connectivity index (χ1) is 14.1. The van der Waals surface area contributed by atoms with Crippen molar-refractivity contribution in [1.29, 1.82) is 0 Å². The largest absolute Gasteiger partial charge is 0.631 e. The molecule has 2 atom stereocenters. The van der Waals surface area contributed by atoms with Gasteiger partial charge in [-0.2, -0.15) is 0 Å². The number of ether oxygens (including phenoxy) is 1. The fraction of sp³-hybridized carbons (Fsp3) is 0.350. The minimum Gasteiger partial charge on any atom is -0.631 e. The summed E-state index contributed by atoms with van der Waals surface area (Å²) in [7, 11) is 0. The molecule has 1 aliphatic heterocycles. The number of carbonyl (C=O) groups excluding carboxylic acids is 1. The van der Waals surface area contributed by atoms with Crippen molar-refractivity contribution < 1.29 is 27.3 Å². The van der Waals surface area contributed by atoms with E-state index in [0.717, 1.165) is 6.42 Å². The van der Waals surface area contributed by atoms with Crippen molar-refractivity contribution in [3.63, 3.8) is 0 Å². The monoisotopic (exact) mass is 443 g/mol. The number of halogens is 4. The third-order valence-electron chi connectivity index (χ3n) is 5.08. The van der Waals surface area contributed by atoms with Gasteiger partial charge in [-0.25, -0.2) is 0 Å². The van der Waals surface area contributed by atoms with E-state index in [1.807, 2.05) is 0 Å². The molecule has 6 nitrogen and oxygen atoms in total. The highest BCUT2D eigenvalue weighted by Gasteiger charge is 2.37. The van der Waals surface area contributed by atoms with Crippen LogP contribution < -0.4 is 15.8 Å². The molecule has 3 N–H and O–H groups in total. The number of anilines is 1. The molecule has 0 aliphatic carbocycles. The summed E-state index contributed by atoms with van der Waals surface area (Å²) in [6, 6.07) is 9.22. The zero-order valence-corrected chi connectivity index (χ0v) is 16.7. The smallest absolute Gasteiger partial charge is 0.573 e. The van der Waals surface area contributed by atoms with E-state index in [4.69, 9.17) is 17.3 Å². The van der Waals surface area contributed by atoms with E-state index in [1.165, 1.54) is 36.4 Å². The van der Waals surface area contributed by atoms with Gasteiger partial charge in [-0.15, -0.1) is 13.2 Å². The number of hydrogen-bond acceptors (Lipinski definition) is 4. The van der Waals surface area contributed by atoms with Gasteiger partial charge in [0.2, 0.25) is 0 Å². The van der Waals surface area contributed by atoms with Crippen LogP contribution in [0, 0.1) is 5.21 Å². The van der Waals surface area contributed by atoms with Gasteiger partial charge in [-0.05, 0) is 31.0 Å². The van der Waals surface area contributed by atoms with E-state index >= 15 is 0 Å². The molecule has 1 aliphatic rings. The van der Waals surface area contributed by atoms with Gasteiger partial charge in [0, 0.05) is 23.2 Å². The van der Waals surface area contributed by atoms with Crippen LogP contribution in [0.3, 0.4) is 0 Å². The summed E-state index contributed by atoms with van der Waals surface area (Å²) in [5.74, 6) is -0.845. The Hall–Kier alpha value is -2.33. The van der Waals surface area contributed by atoms with E-state index in [0.29, 0.717) is 24.1 Å². The van der Waals surface area contributed by atoms with Crippen molar-refractivity contribution in [2.45, 2.75) is 31.7 Å². The van der Waals surface area contributed by atoms with Crippen molar-refractivity contribution >= 4 is 23.2 Å². The number of carbonyl (C=O) groups is 1. The Morgan fingerprint density at radius 3 is 2.63 bits per heavy atom. The molecule has 1 fully saturated rings. The highest BCUT2D eigenvalue weighted by atomic mass is 35.5. The summed E-state index contributed by atoms with van der Waals surface area (Å²) in [5.41, 5.74) is 6.39. The number of amides is 1. The zero-order valence-electron chi connectivity index (χ0n) is 15.9. The van der Waals surface area contributed by atoms with E-state index in [9.17, 15) is 23.2 Å². The van der Waals surface area contributed by atoms with E-state index in [2.05, 4.69) is 10.1 Å². The third kappa shape index (κ3) is 5.04. The number of nitrogens with zero attached hydrogens (tertiary/aromatic N) is 1. The predicted molar refractivity (Wildman–Crippen MR) is 107 cm³/mol. The lowest BCUT2D eigenvalue weighted by Crippen LogP contribution is -2.60. The number of rotatable bonds is 5. The number of benzene rings is 2. The second-order valence-electron chi connectivity index (χ2n) is 7.10. The van der Waals surface area contributed by atoms with E-state index < -0.39 is 23.0 Å². The van der Waals surface area contributed by atoms with Gasteiger partial charge in [0.1, 0.15) is 12.4 Å². The van der Waals surface area contributed by atoms with Crippen LogP contribution in [-0.2, 0) is 4.79 Å². The number of nitrogens with two attached hydrogens (primary N) is 1. The number of para-hydroxylation sites is 1. The summed E-state index contributed by atoms with van der Waals surface area (Å²) in [4.78, 5) is 12.6. The van der Waals surface area contributed by atoms with Crippen LogP contribution in [0.5, 0.6) is 5.75 Å². The minimum absolute atomic E-state index is 0.122. The number of alkyl halides is 3. The van der Waals surface area contributed by atoms with Crippen molar-refractivity contribution in [1.82, 2.24) is 0 Å². The number of likely N-dealkylation sites (tertiary alicyclic amines) is 1. The van der Waals surface area contributed by atoms with Crippen LogP contribution in [-0.4, -0.2) is 36.2 Å². The molecule has 0 aromatic heterocycles. The molecule has 0 spiro atoms. The molecule has 1 heterocycles. The summed E-state index contributed by atoms with van der Waals surface area (Å²) in [6.45, 7) is 0.0953. The molecule has 0 radical (unpaired) electrons. The Morgan fingerprint density at radius 1 is 1.23 bits per heavy atom. The number of quaternary nitrogens is 1. The SMILES string of the molecule is NC[N+]1([O-])CCCCC1C(=O)Nc1ccc(-c2ccccc2OC(F)(F)F)c(Cl)c1. The van der Waals surface area contributed by atoms with Gasteiger partial charge in [-0.1, -0.05) is 35.9 Å². The maximum atomic E-state index is 12.7. The van der Waals surface area contributed by atoms with Crippen molar-refractivity contribution in [2.24, 2.45) is 5.73 Å². The molecule has 0 saturated carbocycles. The van der Waals surface area contributed by atoms with Gasteiger partial charge >= 0.3 is 6.36 Å². The zero-order chi connectivity index (χ0) is 21.9. The van der Waals surface area contributed by atoms with Crippen LogP contribution in [0.25, 0.3) is 11.1 Å². The Labute approximate surface area is 176 Å². The standard InChI is InChI=1S/C20H21ClF3N3O3/c21-16-11-13(26-19(28)17-6-3-4-10-27(17,29)12-25)8-9-14(16)15-5-1-2-7-18(15)30-20(22,23)24/h1-2,5,7-9,11,17H,3-4,6,10,12,25H2,(H,26,28). The molecule has 2 unspecified atom stereocenters. The topological polar surface area (TPSA) is 87.4 Å². The molecule has 10 heteroatoms. The first kappa shape index (κ1) is 22.4. The fourth-order valence-electron chi connectivity index (χ4n) is 3.61. The Balaban J connectivity index is 1.82. The molecular weight excluding hydrogens is 423 g/mol.